The van der Waals surface area contributed by atoms with Gasteiger partial charge in [0.15, 0.2) is 5.11 Å². The number of thiophene rings is 1. The Labute approximate surface area is 248 Å². The van der Waals surface area contributed by atoms with Crippen molar-refractivity contribution in [1.29, 1.82) is 0 Å². The zero-order chi connectivity index (χ0) is 29.5. The lowest BCUT2D eigenvalue weighted by Gasteiger charge is -2.12. The van der Waals surface area contributed by atoms with Gasteiger partial charge in [0.25, 0.3) is 0 Å². The van der Waals surface area contributed by atoms with Gasteiger partial charge in [-0.15, -0.1) is 11.3 Å². The van der Waals surface area contributed by atoms with Gasteiger partial charge in [-0.25, -0.2) is 9.59 Å². The normalized spacial score (nSPS) is 10.7. The van der Waals surface area contributed by atoms with Crippen molar-refractivity contribution in [3.05, 3.63) is 87.6 Å². The molecule has 4 aromatic rings. The van der Waals surface area contributed by atoms with Gasteiger partial charge in [0.1, 0.15) is 21.4 Å². The van der Waals surface area contributed by atoms with Crippen LogP contribution in [0.3, 0.4) is 0 Å². The number of benzene rings is 2. The lowest BCUT2D eigenvalue weighted by molar-refractivity contribution is 0.0527. The standard InChI is InChI=1S/C30H32N4O5S2/c1-6-37-28(35)24-18(3)26(29(36)38-7-2)41-27(24)32-30(40)31-25-19(4)33-34(20(25)5)17-21-12-11-15-23(16-21)39-22-13-9-8-10-14-22/h8-16H,6-7,17H2,1-5H3,(H2,31,32,40). The van der Waals surface area contributed by atoms with Crippen LogP contribution in [-0.4, -0.2) is 40.0 Å². The summed E-state index contributed by atoms with van der Waals surface area (Å²) in [4.78, 5) is 25.5. The average Bonchev–Trinajstić information content (AvgIpc) is 3.40. The second-order valence-corrected chi connectivity index (χ2v) is 10.5. The van der Waals surface area contributed by atoms with Crippen molar-refractivity contribution in [1.82, 2.24) is 9.78 Å². The molecule has 0 bridgehead atoms. The summed E-state index contributed by atoms with van der Waals surface area (Å²) >= 11 is 6.70. The Hall–Kier alpha value is -4.22. The number of para-hydroxylation sites is 1. The lowest BCUT2D eigenvalue weighted by Crippen LogP contribution is -2.21. The van der Waals surface area contributed by atoms with Crippen molar-refractivity contribution in [3.63, 3.8) is 0 Å². The number of esters is 2. The quantitative estimate of drug-likeness (QED) is 0.151. The van der Waals surface area contributed by atoms with Gasteiger partial charge in [-0.2, -0.15) is 5.10 Å². The third-order valence-corrected chi connectivity index (χ3v) is 7.54. The second kappa shape index (κ2) is 13.4. The molecule has 0 atom stereocenters. The van der Waals surface area contributed by atoms with Gasteiger partial charge in [-0.3, -0.25) is 4.68 Å². The molecule has 2 aromatic carbocycles. The SMILES string of the molecule is CCOC(=O)c1sc(NC(=S)Nc2c(C)nn(Cc3cccc(Oc4ccccc4)c3)c2C)c(C(=O)OCC)c1C. The highest BCUT2D eigenvalue weighted by molar-refractivity contribution is 7.80. The molecule has 9 nitrogen and oxygen atoms in total. The van der Waals surface area contributed by atoms with E-state index in [1.54, 1.807) is 20.8 Å². The Bertz CT molecular complexity index is 1560. The lowest BCUT2D eigenvalue weighted by atomic mass is 10.1. The van der Waals surface area contributed by atoms with Crippen LogP contribution in [-0.2, 0) is 16.0 Å². The van der Waals surface area contributed by atoms with Gasteiger partial charge < -0.3 is 24.8 Å². The summed E-state index contributed by atoms with van der Waals surface area (Å²) in [7, 11) is 0. The summed E-state index contributed by atoms with van der Waals surface area (Å²) in [5.74, 6) is 0.467. The van der Waals surface area contributed by atoms with E-state index in [0.717, 1.165) is 45.5 Å². The smallest absolute Gasteiger partial charge is 0.348 e. The first-order valence-corrected chi connectivity index (χ1v) is 14.4. The van der Waals surface area contributed by atoms with E-state index in [1.807, 2.05) is 73.1 Å². The largest absolute Gasteiger partial charge is 0.462 e. The monoisotopic (exact) mass is 592 g/mol. The number of hydrogen-bond donors (Lipinski definition) is 2. The molecule has 0 spiro atoms. The predicted octanol–water partition coefficient (Wildman–Crippen LogP) is 6.87. The first kappa shape index (κ1) is 29.8. The Morgan fingerprint density at radius 2 is 1.61 bits per heavy atom. The Balaban J connectivity index is 1.51. The van der Waals surface area contributed by atoms with Crippen LogP contribution in [0.1, 0.15) is 56.4 Å². The molecule has 4 rings (SSSR count). The van der Waals surface area contributed by atoms with E-state index in [-0.39, 0.29) is 23.9 Å². The molecular weight excluding hydrogens is 560 g/mol. The number of carbonyl (C=O) groups excluding carboxylic acids is 2. The van der Waals surface area contributed by atoms with E-state index in [0.29, 0.717) is 22.0 Å². The molecule has 2 aromatic heterocycles. The number of nitrogens with one attached hydrogen (secondary N) is 2. The third-order valence-electron chi connectivity index (χ3n) is 6.14. The molecule has 0 aliphatic rings. The van der Waals surface area contributed by atoms with Crippen LogP contribution in [0.15, 0.2) is 54.6 Å². The van der Waals surface area contributed by atoms with Gasteiger partial charge >= 0.3 is 11.9 Å². The molecule has 0 aliphatic heterocycles. The zero-order valence-corrected chi connectivity index (χ0v) is 25.2. The van der Waals surface area contributed by atoms with E-state index in [9.17, 15) is 9.59 Å². The van der Waals surface area contributed by atoms with E-state index >= 15 is 0 Å². The highest BCUT2D eigenvalue weighted by atomic mass is 32.1. The van der Waals surface area contributed by atoms with Crippen LogP contribution >= 0.6 is 23.6 Å². The molecule has 0 saturated carbocycles. The number of hydrogen-bond acceptors (Lipinski definition) is 8. The highest BCUT2D eigenvalue weighted by Crippen LogP contribution is 2.35. The highest BCUT2D eigenvalue weighted by Gasteiger charge is 2.27. The predicted molar refractivity (Wildman–Crippen MR) is 165 cm³/mol. The van der Waals surface area contributed by atoms with Gasteiger partial charge in [0.2, 0.25) is 0 Å². The van der Waals surface area contributed by atoms with Crippen molar-refractivity contribution in [3.8, 4) is 11.5 Å². The van der Waals surface area contributed by atoms with Crippen LogP contribution < -0.4 is 15.4 Å². The maximum Gasteiger partial charge on any atom is 0.348 e. The fourth-order valence-electron chi connectivity index (χ4n) is 4.23. The summed E-state index contributed by atoms with van der Waals surface area (Å²) in [6.07, 6.45) is 0. The van der Waals surface area contributed by atoms with Crippen LogP contribution in [0.2, 0.25) is 0 Å². The summed E-state index contributed by atoms with van der Waals surface area (Å²) in [5, 5.41) is 11.6. The molecule has 0 fully saturated rings. The maximum absolute atomic E-state index is 12.7. The van der Waals surface area contributed by atoms with E-state index in [4.69, 9.17) is 31.5 Å². The number of nitrogens with zero attached hydrogens (tertiary/aromatic N) is 2. The molecule has 2 N–H and O–H groups in total. The van der Waals surface area contributed by atoms with Crippen molar-refractivity contribution in [2.75, 3.05) is 23.8 Å². The van der Waals surface area contributed by atoms with Gasteiger partial charge in [-0.05, 0) is 82.2 Å². The molecule has 0 saturated heterocycles. The maximum atomic E-state index is 12.7. The van der Waals surface area contributed by atoms with E-state index in [1.165, 1.54) is 0 Å². The summed E-state index contributed by atoms with van der Waals surface area (Å²) in [6, 6.07) is 17.5. The number of anilines is 2. The van der Waals surface area contributed by atoms with Crippen molar-refractivity contribution in [2.45, 2.75) is 41.2 Å². The van der Waals surface area contributed by atoms with Crippen LogP contribution in [0, 0.1) is 20.8 Å². The Morgan fingerprint density at radius 3 is 2.32 bits per heavy atom. The molecule has 214 valence electrons. The number of ether oxygens (including phenoxy) is 3. The van der Waals surface area contributed by atoms with Crippen molar-refractivity contribution >= 4 is 51.3 Å². The average molecular weight is 593 g/mol. The summed E-state index contributed by atoms with van der Waals surface area (Å²) < 4.78 is 18.3. The van der Waals surface area contributed by atoms with Gasteiger partial charge in [0, 0.05) is 0 Å². The van der Waals surface area contributed by atoms with Crippen LogP contribution in [0.5, 0.6) is 11.5 Å². The fourth-order valence-corrected chi connectivity index (χ4v) is 5.59. The molecule has 11 heteroatoms. The van der Waals surface area contributed by atoms with Crippen LogP contribution in [0.4, 0.5) is 10.7 Å². The molecule has 0 amide bonds. The molecule has 0 unspecified atom stereocenters. The number of rotatable bonds is 10. The summed E-state index contributed by atoms with van der Waals surface area (Å²) in [6.45, 7) is 9.93. The van der Waals surface area contributed by atoms with Gasteiger partial charge in [-0.1, -0.05) is 30.3 Å². The minimum atomic E-state index is -0.541. The molecule has 41 heavy (non-hydrogen) atoms. The number of aromatic nitrogens is 2. The molecular formula is C30H32N4O5S2. The van der Waals surface area contributed by atoms with E-state index in [2.05, 4.69) is 10.6 Å². The Kier molecular flexibility index (Phi) is 9.74. The molecule has 2 heterocycles. The van der Waals surface area contributed by atoms with Gasteiger partial charge in [0.05, 0.1) is 42.4 Å². The Morgan fingerprint density at radius 1 is 0.927 bits per heavy atom. The fraction of sp³-hybridized carbons (Fsp3) is 0.267. The van der Waals surface area contributed by atoms with E-state index < -0.39 is 11.9 Å². The first-order chi connectivity index (χ1) is 19.7. The topological polar surface area (TPSA) is 104 Å². The molecule has 0 radical (unpaired) electrons. The van der Waals surface area contributed by atoms with Crippen LogP contribution in [0.25, 0.3) is 0 Å². The third kappa shape index (κ3) is 7.11. The second-order valence-electron chi connectivity index (χ2n) is 9.05. The first-order valence-electron chi connectivity index (χ1n) is 13.1. The minimum Gasteiger partial charge on any atom is -0.462 e. The molecule has 0 aliphatic carbocycles. The minimum absolute atomic E-state index is 0.198. The number of aryl methyl sites for hydroxylation is 1. The van der Waals surface area contributed by atoms with Crippen molar-refractivity contribution < 1.29 is 23.8 Å². The van der Waals surface area contributed by atoms with Crippen molar-refractivity contribution in [2.24, 2.45) is 0 Å². The number of thiocarbonyl (C=S) groups is 1. The number of carbonyl (C=O) groups is 2. The summed E-state index contributed by atoms with van der Waals surface area (Å²) in [5.41, 5.74) is 4.14. The zero-order valence-electron chi connectivity index (χ0n) is 23.6.